The lowest BCUT2D eigenvalue weighted by molar-refractivity contribution is 0.251. The van der Waals surface area contributed by atoms with Crippen molar-refractivity contribution in [3.8, 4) is 0 Å². The van der Waals surface area contributed by atoms with Gasteiger partial charge in [-0.1, -0.05) is 5.16 Å². The van der Waals surface area contributed by atoms with Gasteiger partial charge in [-0.2, -0.15) is 0 Å². The molecule has 6 heteroatoms. The molecule has 0 unspecified atom stereocenters. The zero-order valence-corrected chi connectivity index (χ0v) is 7.89. The zero-order chi connectivity index (χ0) is 9.68. The van der Waals surface area contributed by atoms with Crippen molar-refractivity contribution in [2.45, 2.75) is 6.92 Å². The summed E-state index contributed by atoms with van der Waals surface area (Å²) in [5, 5.41) is 8.59. The molecule has 0 aliphatic carbocycles. The molecule has 13 heavy (non-hydrogen) atoms. The molecule has 72 valence electrons. The molecule has 1 rings (SSSR count). The van der Waals surface area contributed by atoms with Gasteiger partial charge >= 0.3 is 6.03 Å². The van der Waals surface area contributed by atoms with Crippen LogP contribution >= 0.6 is 11.6 Å². The first-order valence-electron chi connectivity index (χ1n) is 3.76. The molecule has 0 fully saturated rings. The van der Waals surface area contributed by atoms with Crippen LogP contribution in [0.4, 0.5) is 10.7 Å². The normalized spacial score (nSPS) is 9.69. The summed E-state index contributed by atoms with van der Waals surface area (Å²) in [5.74, 6) is 0.702. The summed E-state index contributed by atoms with van der Waals surface area (Å²) in [4.78, 5) is 11.0. The number of aromatic nitrogens is 1. The molecule has 0 radical (unpaired) electrons. The SMILES string of the molecule is Cc1cc(NC(=O)NCCCl)on1. The molecule has 2 amide bonds. The lowest BCUT2D eigenvalue weighted by Crippen LogP contribution is -2.29. The second kappa shape index (κ2) is 4.71. The van der Waals surface area contributed by atoms with E-state index in [0.717, 1.165) is 0 Å². The fraction of sp³-hybridized carbons (Fsp3) is 0.429. The summed E-state index contributed by atoms with van der Waals surface area (Å²) in [6.07, 6.45) is 0. The number of aryl methyl sites for hydroxylation is 1. The summed E-state index contributed by atoms with van der Waals surface area (Å²) >= 11 is 5.37. The molecule has 0 atom stereocenters. The number of carbonyl (C=O) groups is 1. The summed E-state index contributed by atoms with van der Waals surface area (Å²) in [5.41, 5.74) is 0.715. The Balaban J connectivity index is 2.36. The minimum absolute atomic E-state index is 0.324. The number of nitrogens with one attached hydrogen (secondary N) is 2. The van der Waals surface area contributed by atoms with Crippen molar-refractivity contribution in [2.24, 2.45) is 0 Å². The van der Waals surface area contributed by atoms with Crippen molar-refractivity contribution < 1.29 is 9.32 Å². The first-order valence-corrected chi connectivity index (χ1v) is 4.30. The number of hydrogen-bond acceptors (Lipinski definition) is 3. The number of carbonyl (C=O) groups excluding carboxylic acids is 1. The van der Waals surface area contributed by atoms with Crippen LogP contribution in [0.2, 0.25) is 0 Å². The Kier molecular flexibility index (Phi) is 3.57. The van der Waals surface area contributed by atoms with Crippen LogP contribution < -0.4 is 10.6 Å². The van der Waals surface area contributed by atoms with Gasteiger partial charge < -0.3 is 9.84 Å². The Hall–Kier alpha value is -1.23. The van der Waals surface area contributed by atoms with Gasteiger partial charge in [0.25, 0.3) is 0 Å². The number of urea groups is 1. The number of amides is 2. The fourth-order valence-electron chi connectivity index (χ4n) is 0.739. The second-order valence-electron chi connectivity index (χ2n) is 2.40. The van der Waals surface area contributed by atoms with E-state index in [1.54, 1.807) is 13.0 Å². The van der Waals surface area contributed by atoms with Gasteiger partial charge in [-0.05, 0) is 6.92 Å². The Morgan fingerprint density at radius 1 is 1.77 bits per heavy atom. The van der Waals surface area contributed by atoms with Gasteiger partial charge in [-0.25, -0.2) is 4.79 Å². The van der Waals surface area contributed by atoms with Crippen LogP contribution in [0.15, 0.2) is 10.6 Å². The van der Waals surface area contributed by atoms with Crippen LogP contribution in [0.25, 0.3) is 0 Å². The molecular weight excluding hydrogens is 194 g/mol. The standard InChI is InChI=1S/C7H10ClN3O2/c1-5-4-6(13-11-5)10-7(12)9-3-2-8/h4H,2-3H2,1H3,(H2,9,10,12). The van der Waals surface area contributed by atoms with Gasteiger partial charge in [-0.3, -0.25) is 5.32 Å². The maximum atomic E-state index is 11.0. The van der Waals surface area contributed by atoms with E-state index in [1.165, 1.54) is 0 Å². The van der Waals surface area contributed by atoms with Gasteiger partial charge in [0.15, 0.2) is 0 Å². The maximum Gasteiger partial charge on any atom is 0.321 e. The Morgan fingerprint density at radius 3 is 3.08 bits per heavy atom. The number of hydrogen-bond donors (Lipinski definition) is 2. The molecule has 5 nitrogen and oxygen atoms in total. The zero-order valence-electron chi connectivity index (χ0n) is 7.13. The number of alkyl halides is 1. The van der Waals surface area contributed by atoms with Crippen LogP contribution in [0, 0.1) is 6.92 Å². The van der Waals surface area contributed by atoms with Crippen molar-refractivity contribution in [3.63, 3.8) is 0 Å². The van der Waals surface area contributed by atoms with Gasteiger partial charge in [0.05, 0.1) is 5.69 Å². The lowest BCUT2D eigenvalue weighted by atomic mass is 10.5. The molecule has 0 aliphatic rings. The van der Waals surface area contributed by atoms with Crippen molar-refractivity contribution in [3.05, 3.63) is 11.8 Å². The minimum atomic E-state index is -0.350. The molecule has 1 aromatic heterocycles. The lowest BCUT2D eigenvalue weighted by Gasteiger charge is -2.01. The number of anilines is 1. The third-order valence-electron chi connectivity index (χ3n) is 1.24. The summed E-state index contributed by atoms with van der Waals surface area (Å²) in [6.45, 7) is 2.19. The smallest absolute Gasteiger partial charge is 0.321 e. The molecule has 0 bridgehead atoms. The molecule has 1 heterocycles. The fourth-order valence-corrected chi connectivity index (χ4v) is 0.834. The summed E-state index contributed by atoms with van der Waals surface area (Å²) < 4.78 is 4.76. The van der Waals surface area contributed by atoms with E-state index in [2.05, 4.69) is 15.8 Å². The quantitative estimate of drug-likeness (QED) is 0.729. The minimum Gasteiger partial charge on any atom is -0.338 e. The average Bonchev–Trinajstić information content (AvgIpc) is 2.48. The van der Waals surface area contributed by atoms with Crippen LogP contribution in [-0.2, 0) is 0 Å². The van der Waals surface area contributed by atoms with Crippen molar-refractivity contribution in [1.82, 2.24) is 10.5 Å². The van der Waals surface area contributed by atoms with E-state index < -0.39 is 0 Å². The van der Waals surface area contributed by atoms with Gasteiger partial charge in [-0.15, -0.1) is 11.6 Å². The Morgan fingerprint density at radius 2 is 2.54 bits per heavy atom. The first-order chi connectivity index (χ1) is 6.22. The highest BCUT2D eigenvalue weighted by Crippen LogP contribution is 2.07. The highest BCUT2D eigenvalue weighted by atomic mass is 35.5. The predicted octanol–water partition coefficient (Wildman–Crippen LogP) is 1.34. The molecule has 1 aromatic rings. The Bertz CT molecular complexity index is 287. The highest BCUT2D eigenvalue weighted by molar-refractivity contribution is 6.18. The van der Waals surface area contributed by atoms with Gasteiger partial charge in [0, 0.05) is 18.5 Å². The van der Waals surface area contributed by atoms with E-state index in [1.807, 2.05) is 0 Å². The predicted molar refractivity (Wildman–Crippen MR) is 49.0 cm³/mol. The second-order valence-corrected chi connectivity index (χ2v) is 2.78. The van der Waals surface area contributed by atoms with Gasteiger partial charge in [0.2, 0.25) is 5.88 Å². The summed E-state index contributed by atoms with van der Waals surface area (Å²) in [6, 6.07) is 1.28. The molecule has 2 N–H and O–H groups in total. The van der Waals surface area contributed by atoms with E-state index in [0.29, 0.717) is 24.0 Å². The highest BCUT2D eigenvalue weighted by Gasteiger charge is 2.04. The van der Waals surface area contributed by atoms with E-state index in [9.17, 15) is 4.79 Å². The van der Waals surface area contributed by atoms with Crippen LogP contribution in [-0.4, -0.2) is 23.6 Å². The van der Waals surface area contributed by atoms with Crippen molar-refractivity contribution in [2.75, 3.05) is 17.7 Å². The molecule has 0 aromatic carbocycles. The average molecular weight is 204 g/mol. The van der Waals surface area contributed by atoms with Crippen molar-refractivity contribution >= 4 is 23.5 Å². The monoisotopic (exact) mass is 203 g/mol. The van der Waals surface area contributed by atoms with E-state index >= 15 is 0 Å². The first kappa shape index (κ1) is 9.85. The third kappa shape index (κ3) is 3.33. The van der Waals surface area contributed by atoms with E-state index in [-0.39, 0.29) is 6.03 Å². The molecule has 0 aliphatic heterocycles. The van der Waals surface area contributed by atoms with Crippen LogP contribution in [0.3, 0.4) is 0 Å². The molecule has 0 spiro atoms. The Labute approximate surface area is 80.4 Å². The maximum absolute atomic E-state index is 11.0. The molecule has 0 saturated carbocycles. The van der Waals surface area contributed by atoms with Crippen LogP contribution in [0.5, 0.6) is 0 Å². The largest absolute Gasteiger partial charge is 0.338 e. The number of halogens is 1. The number of nitrogens with zero attached hydrogens (tertiary/aromatic N) is 1. The summed E-state index contributed by atoms with van der Waals surface area (Å²) in [7, 11) is 0. The molecule has 0 saturated heterocycles. The topological polar surface area (TPSA) is 67.2 Å². The third-order valence-corrected chi connectivity index (χ3v) is 1.43. The number of rotatable bonds is 3. The molecular formula is C7H10ClN3O2. The van der Waals surface area contributed by atoms with Crippen LogP contribution in [0.1, 0.15) is 5.69 Å². The van der Waals surface area contributed by atoms with Crippen molar-refractivity contribution in [1.29, 1.82) is 0 Å². The van der Waals surface area contributed by atoms with Gasteiger partial charge in [0.1, 0.15) is 0 Å². The van der Waals surface area contributed by atoms with E-state index in [4.69, 9.17) is 16.1 Å².